The van der Waals surface area contributed by atoms with Crippen LogP contribution in [0.15, 0.2) is 0 Å². The second-order valence-electron chi connectivity index (χ2n) is 11.2. The number of hydrogen-bond acceptors (Lipinski definition) is 1. The third-order valence-corrected chi connectivity index (χ3v) is 12.6. The first-order valence-electron chi connectivity index (χ1n) is 9.81. The Hall–Kier alpha value is -0.759. The van der Waals surface area contributed by atoms with Crippen LogP contribution in [-0.4, -0.2) is 40.9 Å². The maximum atomic E-state index is 13.0. The van der Waals surface area contributed by atoms with Crippen molar-refractivity contribution in [3.63, 3.8) is 0 Å². The number of amides is 1. The van der Waals surface area contributed by atoms with Gasteiger partial charge in [0.25, 0.3) is 0 Å². The highest BCUT2D eigenvalue weighted by Crippen LogP contribution is 2.46. The van der Waals surface area contributed by atoms with Gasteiger partial charge in [-0.15, -0.1) is 22.9 Å². The SMILES string of the molecule is CC(C)(C)[Si](C)(C)N1C(=O)[C@@H](CC#C[Si](C)(C)C)[C@@H]1CC#C[Si](C)(C)C. The Balaban J connectivity index is 3.09. The molecule has 0 N–H and O–H groups in total. The first-order valence-corrected chi connectivity index (χ1v) is 19.8. The van der Waals surface area contributed by atoms with Crippen molar-refractivity contribution < 1.29 is 4.79 Å². The van der Waals surface area contributed by atoms with Gasteiger partial charge in [0.05, 0.1) is 5.92 Å². The van der Waals surface area contributed by atoms with E-state index in [2.05, 4.69) is 101 Å². The lowest BCUT2D eigenvalue weighted by molar-refractivity contribution is -0.147. The van der Waals surface area contributed by atoms with Crippen molar-refractivity contribution in [1.82, 2.24) is 4.57 Å². The van der Waals surface area contributed by atoms with Crippen LogP contribution in [0, 0.1) is 28.8 Å². The monoisotopic (exact) mass is 405 g/mol. The summed E-state index contributed by atoms with van der Waals surface area (Å²) in [5.41, 5.74) is 6.91. The second kappa shape index (κ2) is 7.70. The van der Waals surface area contributed by atoms with Gasteiger partial charge in [0.2, 0.25) is 5.91 Å². The summed E-state index contributed by atoms with van der Waals surface area (Å²) < 4.78 is 2.24. The Morgan fingerprint density at radius 2 is 1.27 bits per heavy atom. The van der Waals surface area contributed by atoms with Crippen LogP contribution in [0.25, 0.3) is 0 Å². The molecule has 1 aliphatic rings. The van der Waals surface area contributed by atoms with Gasteiger partial charge in [-0.05, 0) is 5.04 Å². The Kier molecular flexibility index (Phi) is 6.89. The minimum atomic E-state index is -1.87. The van der Waals surface area contributed by atoms with Gasteiger partial charge in [-0.3, -0.25) is 4.79 Å². The van der Waals surface area contributed by atoms with Crippen LogP contribution in [0.1, 0.15) is 33.6 Å². The molecule has 1 saturated heterocycles. The zero-order valence-corrected chi connectivity index (χ0v) is 21.9. The molecular formula is C21H39NOSi3. The normalized spacial score (nSPS) is 21.3. The van der Waals surface area contributed by atoms with Crippen molar-refractivity contribution in [1.29, 1.82) is 0 Å². The molecule has 1 rings (SSSR count). The van der Waals surface area contributed by atoms with E-state index in [1.807, 2.05) is 0 Å². The summed E-state index contributed by atoms with van der Waals surface area (Å²) in [6, 6.07) is 0.253. The van der Waals surface area contributed by atoms with Crippen LogP contribution in [0.4, 0.5) is 0 Å². The van der Waals surface area contributed by atoms with Gasteiger partial charge in [-0.25, -0.2) is 0 Å². The van der Waals surface area contributed by atoms with E-state index >= 15 is 0 Å². The van der Waals surface area contributed by atoms with Gasteiger partial charge in [0.1, 0.15) is 16.1 Å². The van der Waals surface area contributed by atoms with E-state index < -0.39 is 24.4 Å². The lowest BCUT2D eigenvalue weighted by Crippen LogP contribution is -2.72. The number of hydrogen-bond donors (Lipinski definition) is 0. The molecule has 5 heteroatoms. The average Bonchev–Trinajstić information content (AvgIpc) is 2.38. The van der Waals surface area contributed by atoms with Crippen molar-refractivity contribution >= 4 is 30.3 Å². The van der Waals surface area contributed by atoms with Crippen LogP contribution >= 0.6 is 0 Å². The number of carbonyl (C=O) groups is 1. The molecule has 0 aliphatic carbocycles. The summed E-state index contributed by atoms with van der Waals surface area (Å²) >= 11 is 0. The maximum absolute atomic E-state index is 13.0. The van der Waals surface area contributed by atoms with Crippen molar-refractivity contribution in [2.75, 3.05) is 0 Å². The molecule has 1 fully saturated rings. The second-order valence-corrected chi connectivity index (χ2v) is 25.8. The summed E-state index contributed by atoms with van der Waals surface area (Å²) in [4.78, 5) is 13.0. The molecule has 2 atom stereocenters. The Morgan fingerprint density at radius 3 is 1.65 bits per heavy atom. The van der Waals surface area contributed by atoms with Gasteiger partial charge in [0.15, 0.2) is 8.24 Å². The zero-order valence-electron chi connectivity index (χ0n) is 18.9. The summed E-state index contributed by atoms with van der Waals surface area (Å²) in [6.45, 7) is 25.0. The molecule has 0 spiro atoms. The molecule has 1 aliphatic heterocycles. The molecule has 0 aromatic heterocycles. The smallest absolute Gasteiger partial charge is 0.221 e. The Labute approximate surface area is 165 Å². The minimum Gasteiger partial charge on any atom is -0.364 e. The molecule has 2 nitrogen and oxygen atoms in total. The summed E-state index contributed by atoms with van der Waals surface area (Å²) in [7, 11) is -4.65. The molecule has 146 valence electrons. The molecule has 0 aromatic carbocycles. The van der Waals surface area contributed by atoms with E-state index in [-0.39, 0.29) is 17.0 Å². The largest absolute Gasteiger partial charge is 0.364 e. The van der Waals surface area contributed by atoms with E-state index in [9.17, 15) is 4.79 Å². The van der Waals surface area contributed by atoms with Gasteiger partial charge in [-0.1, -0.05) is 73.1 Å². The molecule has 0 saturated carbocycles. The fraction of sp³-hybridized carbons (Fsp3) is 0.762. The third kappa shape index (κ3) is 5.87. The summed E-state index contributed by atoms with van der Waals surface area (Å²) in [5.74, 6) is 7.15. The zero-order chi connectivity index (χ0) is 20.6. The highest BCUT2D eigenvalue weighted by molar-refractivity contribution is 6.84. The van der Waals surface area contributed by atoms with Gasteiger partial charge in [-0.2, -0.15) is 0 Å². The molecule has 0 unspecified atom stereocenters. The van der Waals surface area contributed by atoms with Crippen molar-refractivity contribution in [3.8, 4) is 22.9 Å². The Bertz CT molecular complexity index is 654. The fourth-order valence-electron chi connectivity index (χ4n) is 2.96. The maximum Gasteiger partial charge on any atom is 0.221 e. The highest BCUT2D eigenvalue weighted by atomic mass is 28.3. The van der Waals surface area contributed by atoms with Crippen LogP contribution in [0.3, 0.4) is 0 Å². The fourth-order valence-corrected chi connectivity index (χ4v) is 6.76. The molecule has 0 bridgehead atoms. The number of nitrogens with zero attached hydrogens (tertiary/aromatic N) is 1. The van der Waals surface area contributed by atoms with Crippen LogP contribution in [0.5, 0.6) is 0 Å². The standard InChI is InChI=1S/C21H39NOSi3/c1-21(2,3)26(10,11)22-19(15-13-17-25(7,8)9)18(20(22)23)14-12-16-24(4,5)6/h18-19H,14-15H2,1-11H3/t18-,19-/m0/s1. The van der Waals surface area contributed by atoms with E-state index in [4.69, 9.17) is 0 Å². The van der Waals surface area contributed by atoms with E-state index in [0.29, 0.717) is 12.3 Å². The quantitative estimate of drug-likeness (QED) is 0.351. The minimum absolute atomic E-state index is 0.0453. The number of β-lactam (4-membered cyclic amide) rings is 1. The van der Waals surface area contributed by atoms with Crippen molar-refractivity contribution in [2.24, 2.45) is 5.92 Å². The molecule has 0 radical (unpaired) electrons. The van der Waals surface area contributed by atoms with Crippen LogP contribution in [-0.2, 0) is 4.79 Å². The van der Waals surface area contributed by atoms with Crippen molar-refractivity contribution in [2.45, 2.75) is 97.1 Å². The first kappa shape index (κ1) is 23.3. The first-order chi connectivity index (χ1) is 11.5. The summed E-state index contributed by atoms with van der Waals surface area (Å²) in [6.07, 6.45) is 1.51. The van der Waals surface area contributed by atoms with Crippen LogP contribution < -0.4 is 0 Å². The van der Waals surface area contributed by atoms with Crippen molar-refractivity contribution in [3.05, 3.63) is 0 Å². The predicted molar refractivity (Wildman–Crippen MR) is 123 cm³/mol. The van der Waals surface area contributed by atoms with E-state index in [1.165, 1.54) is 0 Å². The van der Waals surface area contributed by atoms with E-state index in [1.54, 1.807) is 0 Å². The predicted octanol–water partition coefficient (Wildman–Crippen LogP) is 5.36. The number of rotatable bonds is 3. The Morgan fingerprint density at radius 1 is 0.846 bits per heavy atom. The molecule has 0 aromatic rings. The lowest BCUT2D eigenvalue weighted by Gasteiger charge is -2.58. The van der Waals surface area contributed by atoms with Gasteiger partial charge < -0.3 is 4.57 Å². The summed E-state index contributed by atoms with van der Waals surface area (Å²) in [5, 5.41) is 0.155. The third-order valence-electron chi connectivity index (χ3n) is 5.35. The molecule has 1 amide bonds. The molecular weight excluding hydrogens is 366 g/mol. The van der Waals surface area contributed by atoms with E-state index in [0.717, 1.165) is 6.42 Å². The highest BCUT2D eigenvalue weighted by Gasteiger charge is 2.56. The number of carbonyl (C=O) groups excluding carboxylic acids is 1. The van der Waals surface area contributed by atoms with Gasteiger partial charge in [0, 0.05) is 18.9 Å². The molecule has 26 heavy (non-hydrogen) atoms. The average molecular weight is 406 g/mol. The van der Waals surface area contributed by atoms with Crippen LogP contribution in [0.2, 0.25) is 57.4 Å². The molecule has 1 heterocycles. The van der Waals surface area contributed by atoms with Gasteiger partial charge >= 0.3 is 0 Å². The topological polar surface area (TPSA) is 20.3 Å². The lowest BCUT2D eigenvalue weighted by atomic mass is 9.86.